The van der Waals surface area contributed by atoms with E-state index < -0.39 is 0 Å². The van der Waals surface area contributed by atoms with Gasteiger partial charge in [-0.05, 0) is 48.4 Å². The molecular formula is C22H25N3O2. The Morgan fingerprint density at radius 3 is 2.22 bits per heavy atom. The highest BCUT2D eigenvalue weighted by Gasteiger charge is 2.17. The lowest BCUT2D eigenvalue weighted by Gasteiger charge is -2.23. The molecule has 2 N–H and O–H groups in total. The summed E-state index contributed by atoms with van der Waals surface area (Å²) in [5.74, 6) is -0.273. The normalized spacial score (nSPS) is 16.3. The van der Waals surface area contributed by atoms with Crippen LogP contribution >= 0.6 is 0 Å². The maximum absolute atomic E-state index is 12.4. The largest absolute Gasteiger partial charge is 0.326 e. The van der Waals surface area contributed by atoms with Crippen LogP contribution in [-0.2, 0) is 11.3 Å². The van der Waals surface area contributed by atoms with Gasteiger partial charge >= 0.3 is 0 Å². The van der Waals surface area contributed by atoms with Crippen LogP contribution in [0.1, 0.15) is 36.2 Å². The monoisotopic (exact) mass is 363 g/mol. The zero-order chi connectivity index (χ0) is 19.2. The van der Waals surface area contributed by atoms with Gasteiger partial charge in [0, 0.05) is 43.0 Å². The van der Waals surface area contributed by atoms with Crippen molar-refractivity contribution in [2.75, 3.05) is 17.2 Å². The van der Waals surface area contributed by atoms with E-state index in [-0.39, 0.29) is 11.8 Å². The van der Waals surface area contributed by atoms with Gasteiger partial charge in [0.25, 0.3) is 5.91 Å². The van der Waals surface area contributed by atoms with Crippen molar-refractivity contribution < 1.29 is 9.59 Å². The van der Waals surface area contributed by atoms with Gasteiger partial charge in [-0.25, -0.2) is 0 Å². The van der Waals surface area contributed by atoms with Crippen LogP contribution in [-0.4, -0.2) is 29.3 Å². The van der Waals surface area contributed by atoms with Gasteiger partial charge in [0.15, 0.2) is 0 Å². The van der Waals surface area contributed by atoms with Gasteiger partial charge in [-0.3, -0.25) is 14.5 Å². The molecule has 5 nitrogen and oxygen atoms in total. The molecule has 0 aliphatic carbocycles. The Morgan fingerprint density at radius 2 is 1.63 bits per heavy atom. The lowest BCUT2D eigenvalue weighted by molar-refractivity contribution is -0.114. The molecule has 0 saturated heterocycles. The van der Waals surface area contributed by atoms with Crippen molar-refractivity contribution in [3.63, 3.8) is 0 Å². The number of carbonyl (C=O) groups excluding carboxylic acids is 2. The first-order chi connectivity index (χ1) is 13.0. The molecule has 0 fully saturated rings. The molecule has 2 aromatic carbocycles. The number of hydrogen-bond donors (Lipinski definition) is 2. The molecular weight excluding hydrogens is 338 g/mol. The lowest BCUT2D eigenvalue weighted by atomic mass is 10.1. The van der Waals surface area contributed by atoms with Crippen molar-refractivity contribution in [1.29, 1.82) is 0 Å². The minimum atomic E-state index is -0.150. The van der Waals surface area contributed by atoms with Gasteiger partial charge in [0.2, 0.25) is 5.91 Å². The molecule has 0 aromatic heterocycles. The summed E-state index contributed by atoms with van der Waals surface area (Å²) < 4.78 is 0. The molecule has 1 aliphatic rings. The van der Waals surface area contributed by atoms with Crippen LogP contribution in [0.5, 0.6) is 0 Å². The minimum Gasteiger partial charge on any atom is -0.326 e. The summed E-state index contributed by atoms with van der Waals surface area (Å²) >= 11 is 0. The fraction of sp³-hybridized carbons (Fsp3) is 0.273. The Hall–Kier alpha value is -2.92. The number of nitrogens with zero attached hydrogens (tertiary/aromatic N) is 1. The number of anilines is 2. The average Bonchev–Trinajstić information content (AvgIpc) is 3.10. The fourth-order valence-corrected chi connectivity index (χ4v) is 3.23. The van der Waals surface area contributed by atoms with Crippen LogP contribution in [0, 0.1) is 0 Å². The summed E-state index contributed by atoms with van der Waals surface area (Å²) in [6.07, 6.45) is 5.59. The van der Waals surface area contributed by atoms with Gasteiger partial charge < -0.3 is 10.6 Å². The molecule has 1 atom stereocenters. The van der Waals surface area contributed by atoms with Crippen molar-refractivity contribution in [3.05, 3.63) is 71.8 Å². The number of nitrogens with one attached hydrogen (secondary N) is 2. The van der Waals surface area contributed by atoms with Crippen LogP contribution in [0.25, 0.3) is 0 Å². The summed E-state index contributed by atoms with van der Waals surface area (Å²) in [5.41, 5.74) is 3.21. The van der Waals surface area contributed by atoms with E-state index >= 15 is 0 Å². The number of rotatable bonds is 6. The fourth-order valence-electron chi connectivity index (χ4n) is 3.23. The molecule has 0 spiro atoms. The number of amides is 2. The third-order valence-electron chi connectivity index (χ3n) is 4.65. The van der Waals surface area contributed by atoms with Crippen molar-refractivity contribution in [2.45, 2.75) is 32.9 Å². The zero-order valence-electron chi connectivity index (χ0n) is 15.7. The number of benzene rings is 2. The maximum Gasteiger partial charge on any atom is 0.255 e. The van der Waals surface area contributed by atoms with Crippen LogP contribution in [0.15, 0.2) is 60.7 Å². The van der Waals surface area contributed by atoms with Crippen LogP contribution in [0.2, 0.25) is 0 Å². The van der Waals surface area contributed by atoms with Crippen LogP contribution < -0.4 is 10.6 Å². The SMILES string of the molecule is CC[C@@H]1C=CCN1Cc1ccc(C(=O)Nc2ccc(NC(C)=O)cc2)cc1. The molecule has 0 saturated carbocycles. The topological polar surface area (TPSA) is 61.4 Å². The second-order valence-electron chi connectivity index (χ2n) is 6.74. The van der Waals surface area contributed by atoms with Crippen molar-refractivity contribution in [3.8, 4) is 0 Å². The standard InChI is InChI=1S/C22H25N3O2/c1-3-21-5-4-14-25(21)15-17-6-8-18(9-7-17)22(27)24-20-12-10-19(11-13-20)23-16(2)26/h4-13,21H,3,14-15H2,1-2H3,(H,23,26)(H,24,27)/t21-/m1/s1. The highest BCUT2D eigenvalue weighted by Crippen LogP contribution is 2.18. The quantitative estimate of drug-likeness (QED) is 0.761. The molecule has 0 unspecified atom stereocenters. The average molecular weight is 363 g/mol. The van der Waals surface area contributed by atoms with E-state index in [1.54, 1.807) is 24.3 Å². The van der Waals surface area contributed by atoms with Gasteiger partial charge in [0.05, 0.1) is 0 Å². The summed E-state index contributed by atoms with van der Waals surface area (Å²) in [4.78, 5) is 25.9. The van der Waals surface area contributed by atoms with E-state index in [4.69, 9.17) is 0 Å². The first-order valence-electron chi connectivity index (χ1n) is 9.24. The molecule has 27 heavy (non-hydrogen) atoms. The summed E-state index contributed by atoms with van der Waals surface area (Å²) in [6.45, 7) is 5.53. The Labute approximate surface area is 160 Å². The van der Waals surface area contributed by atoms with Gasteiger partial charge in [-0.15, -0.1) is 0 Å². The van der Waals surface area contributed by atoms with Crippen molar-refractivity contribution in [2.24, 2.45) is 0 Å². The van der Waals surface area contributed by atoms with E-state index in [0.717, 1.165) is 19.5 Å². The van der Waals surface area contributed by atoms with Crippen LogP contribution in [0.3, 0.4) is 0 Å². The molecule has 0 bridgehead atoms. The van der Waals surface area contributed by atoms with Crippen LogP contribution in [0.4, 0.5) is 11.4 Å². The predicted molar refractivity (Wildman–Crippen MR) is 109 cm³/mol. The Kier molecular flexibility index (Phi) is 6.04. The predicted octanol–water partition coefficient (Wildman–Crippen LogP) is 4.05. The third-order valence-corrected chi connectivity index (χ3v) is 4.65. The van der Waals surface area contributed by atoms with E-state index in [2.05, 4.69) is 34.6 Å². The third kappa shape index (κ3) is 5.05. The Balaban J connectivity index is 1.58. The number of hydrogen-bond acceptors (Lipinski definition) is 3. The van der Waals surface area contributed by atoms with Crippen molar-refractivity contribution >= 4 is 23.2 Å². The highest BCUT2D eigenvalue weighted by molar-refractivity contribution is 6.04. The van der Waals surface area contributed by atoms with E-state index in [9.17, 15) is 9.59 Å². The summed E-state index contributed by atoms with van der Waals surface area (Å²) in [6, 6.07) is 15.3. The highest BCUT2D eigenvalue weighted by atomic mass is 16.2. The summed E-state index contributed by atoms with van der Waals surface area (Å²) in [5, 5.41) is 5.58. The Morgan fingerprint density at radius 1 is 1.00 bits per heavy atom. The molecule has 0 radical (unpaired) electrons. The second kappa shape index (κ2) is 8.64. The molecule has 2 amide bonds. The van der Waals surface area contributed by atoms with Crippen molar-refractivity contribution in [1.82, 2.24) is 4.90 Å². The number of carbonyl (C=O) groups is 2. The molecule has 2 aromatic rings. The minimum absolute atomic E-state index is 0.123. The first kappa shape index (κ1) is 18.9. The van der Waals surface area contributed by atoms with E-state index in [1.807, 2.05) is 24.3 Å². The zero-order valence-corrected chi connectivity index (χ0v) is 15.7. The van der Waals surface area contributed by atoms with E-state index in [1.165, 1.54) is 12.5 Å². The lowest BCUT2D eigenvalue weighted by Crippen LogP contribution is -2.28. The maximum atomic E-state index is 12.4. The van der Waals surface area contributed by atoms with Gasteiger partial charge in [-0.1, -0.05) is 31.2 Å². The smallest absolute Gasteiger partial charge is 0.255 e. The molecule has 5 heteroatoms. The molecule has 3 rings (SSSR count). The first-order valence-corrected chi connectivity index (χ1v) is 9.24. The molecule has 140 valence electrons. The van der Waals surface area contributed by atoms with E-state index in [0.29, 0.717) is 23.0 Å². The second-order valence-corrected chi connectivity index (χ2v) is 6.74. The van der Waals surface area contributed by atoms with Gasteiger partial charge in [0.1, 0.15) is 0 Å². The summed E-state index contributed by atoms with van der Waals surface area (Å²) in [7, 11) is 0. The Bertz CT molecular complexity index is 826. The molecule has 1 aliphatic heterocycles. The van der Waals surface area contributed by atoms with Gasteiger partial charge in [-0.2, -0.15) is 0 Å². The molecule has 1 heterocycles.